The number of rotatable bonds is 12. The molecule has 0 radical (unpaired) electrons. The van der Waals surface area contributed by atoms with Crippen molar-refractivity contribution in [3.05, 3.63) is 34.9 Å². The standard InChI is InChI=1S/C27H41N5O5/c1-8-9-19(4)30-24(34)23(20-16-17(2)10-11-18(20)3)32(15-14-28)25(35)21(12-13-22(29)33)31-26(36)37-27(5,6)7/h10-11,16,19,21,23H,8-9,12-13,15H2,1-7H3,(H2,29,33)(H,30,34)(H,31,36). The molecular weight excluding hydrogens is 474 g/mol. The Morgan fingerprint density at radius 1 is 1.14 bits per heavy atom. The average Bonchev–Trinajstić information content (AvgIpc) is 2.76. The van der Waals surface area contributed by atoms with Crippen LogP contribution >= 0.6 is 0 Å². The Morgan fingerprint density at radius 2 is 1.78 bits per heavy atom. The maximum atomic E-state index is 13.8. The Hall–Kier alpha value is -3.61. The van der Waals surface area contributed by atoms with Gasteiger partial charge in [0.25, 0.3) is 0 Å². The Balaban J connectivity index is 3.54. The van der Waals surface area contributed by atoms with E-state index in [1.807, 2.05) is 45.9 Å². The molecule has 3 atom stereocenters. The van der Waals surface area contributed by atoms with Gasteiger partial charge in [0.15, 0.2) is 0 Å². The van der Waals surface area contributed by atoms with E-state index in [9.17, 15) is 24.4 Å². The van der Waals surface area contributed by atoms with E-state index in [0.717, 1.165) is 28.9 Å². The molecule has 0 aliphatic carbocycles. The average molecular weight is 516 g/mol. The summed E-state index contributed by atoms with van der Waals surface area (Å²) in [6.07, 6.45) is 0.407. The molecule has 4 N–H and O–H groups in total. The van der Waals surface area contributed by atoms with E-state index >= 15 is 0 Å². The predicted octanol–water partition coefficient (Wildman–Crippen LogP) is 3.16. The molecule has 0 aliphatic heterocycles. The van der Waals surface area contributed by atoms with Gasteiger partial charge in [-0.2, -0.15) is 5.26 Å². The Labute approximate surface area is 219 Å². The van der Waals surface area contributed by atoms with E-state index in [1.165, 1.54) is 0 Å². The lowest BCUT2D eigenvalue weighted by molar-refractivity contribution is -0.142. The highest BCUT2D eigenvalue weighted by Gasteiger charge is 2.37. The molecule has 0 bridgehead atoms. The number of nitriles is 1. The molecule has 0 fully saturated rings. The van der Waals surface area contributed by atoms with Crippen LogP contribution in [0.1, 0.15) is 83.0 Å². The zero-order valence-electron chi connectivity index (χ0n) is 23.0. The fraction of sp³-hybridized carbons (Fsp3) is 0.593. The zero-order valence-corrected chi connectivity index (χ0v) is 23.0. The highest BCUT2D eigenvalue weighted by Crippen LogP contribution is 2.27. The summed E-state index contributed by atoms with van der Waals surface area (Å²) in [5.41, 5.74) is 6.68. The van der Waals surface area contributed by atoms with Gasteiger partial charge in [0.1, 0.15) is 24.2 Å². The highest BCUT2D eigenvalue weighted by atomic mass is 16.6. The van der Waals surface area contributed by atoms with Crippen LogP contribution in [0.5, 0.6) is 0 Å². The molecule has 0 heterocycles. The van der Waals surface area contributed by atoms with Gasteiger partial charge in [0, 0.05) is 12.5 Å². The monoisotopic (exact) mass is 515 g/mol. The molecule has 10 heteroatoms. The number of nitrogens with zero attached hydrogens (tertiary/aromatic N) is 2. The predicted molar refractivity (Wildman–Crippen MR) is 140 cm³/mol. The van der Waals surface area contributed by atoms with Crippen molar-refractivity contribution >= 4 is 23.8 Å². The van der Waals surface area contributed by atoms with Crippen molar-refractivity contribution in [2.45, 2.75) is 97.9 Å². The van der Waals surface area contributed by atoms with Crippen LogP contribution in [0.3, 0.4) is 0 Å². The largest absolute Gasteiger partial charge is 0.444 e. The van der Waals surface area contributed by atoms with Crippen LogP contribution in [-0.4, -0.2) is 52.9 Å². The maximum Gasteiger partial charge on any atom is 0.408 e. The topological polar surface area (TPSA) is 155 Å². The third-order valence-corrected chi connectivity index (χ3v) is 5.59. The van der Waals surface area contributed by atoms with E-state index in [-0.39, 0.29) is 18.9 Å². The second-order valence-corrected chi connectivity index (χ2v) is 10.3. The summed E-state index contributed by atoms with van der Waals surface area (Å²) in [4.78, 5) is 52.6. The molecular formula is C27H41N5O5. The molecule has 0 aromatic heterocycles. The lowest BCUT2D eigenvalue weighted by Crippen LogP contribution is -2.54. The Kier molecular flexibility index (Phi) is 12.1. The number of nitrogens with one attached hydrogen (secondary N) is 2. The number of carbonyl (C=O) groups is 4. The summed E-state index contributed by atoms with van der Waals surface area (Å²) in [5, 5.41) is 15.1. The third kappa shape index (κ3) is 10.5. The van der Waals surface area contributed by atoms with Crippen molar-refractivity contribution in [2.24, 2.45) is 5.73 Å². The van der Waals surface area contributed by atoms with Crippen LogP contribution < -0.4 is 16.4 Å². The highest BCUT2D eigenvalue weighted by molar-refractivity contribution is 5.93. The van der Waals surface area contributed by atoms with Crippen LogP contribution in [0.2, 0.25) is 0 Å². The quantitative estimate of drug-likeness (QED) is 0.363. The Morgan fingerprint density at radius 3 is 2.32 bits per heavy atom. The van der Waals surface area contributed by atoms with Crippen LogP contribution in [0, 0.1) is 25.2 Å². The second-order valence-electron chi connectivity index (χ2n) is 10.3. The number of nitrogens with two attached hydrogens (primary N) is 1. The van der Waals surface area contributed by atoms with Gasteiger partial charge in [0.05, 0.1) is 6.07 Å². The van der Waals surface area contributed by atoms with Gasteiger partial charge in [-0.25, -0.2) is 4.79 Å². The molecule has 0 aliphatic rings. The lowest BCUT2D eigenvalue weighted by atomic mass is 9.95. The van der Waals surface area contributed by atoms with Crippen molar-refractivity contribution in [2.75, 3.05) is 6.54 Å². The first-order chi connectivity index (χ1) is 17.2. The normalized spacial score (nSPS) is 13.5. The first kappa shape index (κ1) is 31.4. The number of hydrogen-bond donors (Lipinski definition) is 3. The van der Waals surface area contributed by atoms with Crippen LogP contribution in [0.4, 0.5) is 4.79 Å². The number of aryl methyl sites for hydroxylation is 2. The molecule has 0 saturated heterocycles. The molecule has 4 amide bonds. The number of carbonyl (C=O) groups excluding carboxylic acids is 4. The summed E-state index contributed by atoms with van der Waals surface area (Å²) < 4.78 is 5.29. The SMILES string of the molecule is CCCC(C)NC(=O)C(c1cc(C)ccc1C)N(CC#N)C(=O)C(CCC(N)=O)NC(=O)OC(C)(C)C. The van der Waals surface area contributed by atoms with E-state index < -0.39 is 48.0 Å². The van der Waals surface area contributed by atoms with Crippen molar-refractivity contribution < 1.29 is 23.9 Å². The molecule has 3 unspecified atom stereocenters. The summed E-state index contributed by atoms with van der Waals surface area (Å²) in [5.74, 6) is -1.80. The van der Waals surface area contributed by atoms with Gasteiger partial charge in [0.2, 0.25) is 17.7 Å². The summed E-state index contributed by atoms with van der Waals surface area (Å²) >= 11 is 0. The minimum Gasteiger partial charge on any atom is -0.444 e. The first-order valence-corrected chi connectivity index (χ1v) is 12.5. The molecule has 204 valence electrons. The number of amides is 4. The maximum absolute atomic E-state index is 13.8. The molecule has 1 aromatic rings. The number of alkyl carbamates (subject to hydrolysis) is 1. The third-order valence-electron chi connectivity index (χ3n) is 5.59. The minimum atomic E-state index is -1.25. The van der Waals surface area contributed by atoms with Gasteiger partial charge >= 0.3 is 6.09 Å². The summed E-state index contributed by atoms with van der Waals surface area (Å²) in [6.45, 7) is 12.2. The first-order valence-electron chi connectivity index (χ1n) is 12.5. The van der Waals surface area contributed by atoms with Gasteiger partial charge in [-0.3, -0.25) is 14.4 Å². The van der Waals surface area contributed by atoms with Gasteiger partial charge in [-0.05, 0) is 65.5 Å². The number of benzene rings is 1. The van der Waals surface area contributed by atoms with E-state index in [0.29, 0.717) is 5.56 Å². The number of ether oxygens (including phenoxy) is 1. The van der Waals surface area contributed by atoms with Crippen molar-refractivity contribution in [1.82, 2.24) is 15.5 Å². The van der Waals surface area contributed by atoms with Crippen molar-refractivity contribution in [3.8, 4) is 6.07 Å². The molecule has 0 spiro atoms. The molecule has 10 nitrogen and oxygen atoms in total. The van der Waals surface area contributed by atoms with Crippen LogP contribution in [-0.2, 0) is 19.1 Å². The van der Waals surface area contributed by atoms with Gasteiger partial charge in [-0.15, -0.1) is 0 Å². The number of hydrogen-bond acceptors (Lipinski definition) is 6. The second kappa shape index (κ2) is 14.2. The molecule has 37 heavy (non-hydrogen) atoms. The molecule has 1 aromatic carbocycles. The lowest BCUT2D eigenvalue weighted by Gasteiger charge is -2.34. The van der Waals surface area contributed by atoms with E-state index in [1.54, 1.807) is 26.8 Å². The Bertz CT molecular complexity index is 1010. The van der Waals surface area contributed by atoms with Gasteiger partial charge < -0.3 is 26.0 Å². The molecule has 1 rings (SSSR count). The van der Waals surface area contributed by atoms with E-state index in [2.05, 4.69) is 10.6 Å². The molecule has 0 saturated carbocycles. The zero-order chi connectivity index (χ0) is 28.3. The van der Waals surface area contributed by atoms with Crippen molar-refractivity contribution in [3.63, 3.8) is 0 Å². The van der Waals surface area contributed by atoms with Crippen LogP contribution in [0.25, 0.3) is 0 Å². The smallest absolute Gasteiger partial charge is 0.408 e. The van der Waals surface area contributed by atoms with E-state index in [4.69, 9.17) is 10.5 Å². The summed E-state index contributed by atoms with van der Waals surface area (Å²) in [6, 6.07) is 4.97. The van der Waals surface area contributed by atoms with Crippen LogP contribution in [0.15, 0.2) is 18.2 Å². The minimum absolute atomic E-state index is 0.122. The number of primary amides is 1. The fourth-order valence-corrected chi connectivity index (χ4v) is 3.90. The fourth-order valence-electron chi connectivity index (χ4n) is 3.90. The van der Waals surface area contributed by atoms with Gasteiger partial charge in [-0.1, -0.05) is 37.1 Å². The van der Waals surface area contributed by atoms with Crippen molar-refractivity contribution in [1.29, 1.82) is 5.26 Å². The summed E-state index contributed by atoms with van der Waals surface area (Å²) in [7, 11) is 0.